The predicted molar refractivity (Wildman–Crippen MR) is 63.0 cm³/mol. The molecule has 0 radical (unpaired) electrons. The summed E-state index contributed by atoms with van der Waals surface area (Å²) < 4.78 is 38.7. The Morgan fingerprint density at radius 1 is 1.16 bits per heavy atom. The zero-order valence-electron chi connectivity index (χ0n) is 10.3. The van der Waals surface area contributed by atoms with Crippen molar-refractivity contribution in [1.29, 1.82) is 0 Å². The lowest BCUT2D eigenvalue weighted by Gasteiger charge is -2.08. The highest BCUT2D eigenvalue weighted by atomic mass is 19.4. The van der Waals surface area contributed by atoms with Crippen LogP contribution in [0, 0.1) is 0 Å². The SMILES string of the molecule is Cn1nncc1CNCc1ccc(C(F)(F)F)cc1. The third kappa shape index (κ3) is 3.54. The van der Waals surface area contributed by atoms with Gasteiger partial charge < -0.3 is 5.32 Å². The van der Waals surface area contributed by atoms with Crippen molar-refractivity contribution in [2.75, 3.05) is 0 Å². The zero-order valence-corrected chi connectivity index (χ0v) is 10.3. The third-order valence-corrected chi connectivity index (χ3v) is 2.72. The van der Waals surface area contributed by atoms with Gasteiger partial charge in [-0.05, 0) is 17.7 Å². The molecule has 4 nitrogen and oxygen atoms in total. The van der Waals surface area contributed by atoms with Crippen LogP contribution >= 0.6 is 0 Å². The van der Waals surface area contributed by atoms with E-state index in [1.807, 2.05) is 0 Å². The summed E-state index contributed by atoms with van der Waals surface area (Å²) in [5.41, 5.74) is 1.07. The number of alkyl halides is 3. The lowest BCUT2D eigenvalue weighted by atomic mass is 10.1. The molecule has 0 aliphatic rings. The maximum absolute atomic E-state index is 12.4. The molecule has 0 aliphatic heterocycles. The molecule has 2 rings (SSSR count). The van der Waals surface area contributed by atoms with Crippen LogP contribution in [0.15, 0.2) is 30.5 Å². The molecule has 0 spiro atoms. The Morgan fingerprint density at radius 2 is 1.84 bits per heavy atom. The van der Waals surface area contributed by atoms with Gasteiger partial charge in [0, 0.05) is 20.1 Å². The normalized spacial score (nSPS) is 11.8. The molecule has 0 amide bonds. The summed E-state index contributed by atoms with van der Waals surface area (Å²) in [5.74, 6) is 0. The smallest absolute Gasteiger partial charge is 0.307 e. The number of rotatable bonds is 4. The predicted octanol–water partition coefficient (Wildman–Crippen LogP) is 2.12. The van der Waals surface area contributed by atoms with Gasteiger partial charge in [-0.3, -0.25) is 4.68 Å². The van der Waals surface area contributed by atoms with Crippen molar-refractivity contribution < 1.29 is 13.2 Å². The number of aromatic nitrogens is 3. The van der Waals surface area contributed by atoms with Gasteiger partial charge in [0.1, 0.15) is 0 Å². The summed E-state index contributed by atoms with van der Waals surface area (Å²) in [6.45, 7) is 1.05. The standard InChI is InChI=1S/C12H13F3N4/c1-19-11(8-17-18-19)7-16-6-9-2-4-10(5-3-9)12(13,14)15/h2-5,8,16H,6-7H2,1H3. The highest BCUT2D eigenvalue weighted by Crippen LogP contribution is 2.28. The van der Waals surface area contributed by atoms with Crippen molar-refractivity contribution in [3.05, 3.63) is 47.3 Å². The van der Waals surface area contributed by atoms with Crippen LogP contribution in [-0.2, 0) is 26.3 Å². The van der Waals surface area contributed by atoms with Crippen LogP contribution in [0.2, 0.25) is 0 Å². The summed E-state index contributed by atoms with van der Waals surface area (Å²) in [5, 5.41) is 10.6. The van der Waals surface area contributed by atoms with E-state index in [1.165, 1.54) is 12.1 Å². The van der Waals surface area contributed by atoms with Crippen LogP contribution in [-0.4, -0.2) is 15.0 Å². The van der Waals surface area contributed by atoms with Gasteiger partial charge in [0.05, 0.1) is 17.5 Å². The molecule has 1 aromatic heterocycles. The summed E-state index contributed by atoms with van der Waals surface area (Å²) in [4.78, 5) is 0. The number of aryl methyl sites for hydroxylation is 1. The first-order chi connectivity index (χ1) is 8.97. The number of halogens is 3. The lowest BCUT2D eigenvalue weighted by molar-refractivity contribution is -0.137. The largest absolute Gasteiger partial charge is 0.416 e. The van der Waals surface area contributed by atoms with E-state index in [2.05, 4.69) is 15.6 Å². The van der Waals surface area contributed by atoms with E-state index >= 15 is 0 Å². The Bertz CT molecular complexity index is 531. The van der Waals surface area contributed by atoms with Crippen LogP contribution < -0.4 is 5.32 Å². The average molecular weight is 270 g/mol. The van der Waals surface area contributed by atoms with Crippen molar-refractivity contribution in [3.63, 3.8) is 0 Å². The minimum Gasteiger partial charge on any atom is -0.307 e. The van der Waals surface area contributed by atoms with Gasteiger partial charge in [0.25, 0.3) is 0 Å². The van der Waals surface area contributed by atoms with Gasteiger partial charge in [0.15, 0.2) is 0 Å². The first-order valence-electron chi connectivity index (χ1n) is 5.67. The van der Waals surface area contributed by atoms with E-state index in [0.29, 0.717) is 13.1 Å². The maximum atomic E-state index is 12.4. The molecule has 1 N–H and O–H groups in total. The third-order valence-electron chi connectivity index (χ3n) is 2.72. The molecule has 0 atom stereocenters. The Kier molecular flexibility index (Phi) is 3.84. The van der Waals surface area contributed by atoms with E-state index in [1.54, 1.807) is 17.9 Å². The minimum absolute atomic E-state index is 0.489. The number of nitrogens with one attached hydrogen (secondary N) is 1. The molecule has 0 unspecified atom stereocenters. The molecule has 102 valence electrons. The minimum atomic E-state index is -4.29. The van der Waals surface area contributed by atoms with E-state index < -0.39 is 11.7 Å². The van der Waals surface area contributed by atoms with Crippen LogP contribution in [0.4, 0.5) is 13.2 Å². The topological polar surface area (TPSA) is 42.7 Å². The lowest BCUT2D eigenvalue weighted by Crippen LogP contribution is -2.15. The van der Waals surface area contributed by atoms with Gasteiger partial charge in [-0.1, -0.05) is 17.3 Å². The fourth-order valence-electron chi connectivity index (χ4n) is 1.62. The molecular formula is C12H13F3N4. The zero-order chi connectivity index (χ0) is 13.9. The molecule has 0 aliphatic carbocycles. The van der Waals surface area contributed by atoms with E-state index in [0.717, 1.165) is 23.4 Å². The Balaban J connectivity index is 1.89. The molecule has 19 heavy (non-hydrogen) atoms. The molecule has 7 heteroatoms. The van der Waals surface area contributed by atoms with E-state index in [9.17, 15) is 13.2 Å². The van der Waals surface area contributed by atoms with E-state index in [4.69, 9.17) is 0 Å². The summed E-state index contributed by atoms with van der Waals surface area (Å²) >= 11 is 0. The highest BCUT2D eigenvalue weighted by Gasteiger charge is 2.29. The highest BCUT2D eigenvalue weighted by molar-refractivity contribution is 5.24. The number of benzene rings is 1. The molecule has 1 heterocycles. The van der Waals surface area contributed by atoms with E-state index in [-0.39, 0.29) is 0 Å². The van der Waals surface area contributed by atoms with Crippen molar-refractivity contribution in [1.82, 2.24) is 20.3 Å². The first kappa shape index (κ1) is 13.5. The molecule has 0 saturated carbocycles. The second-order valence-corrected chi connectivity index (χ2v) is 4.15. The van der Waals surface area contributed by atoms with Crippen LogP contribution in [0.3, 0.4) is 0 Å². The van der Waals surface area contributed by atoms with Crippen molar-refractivity contribution in [2.24, 2.45) is 7.05 Å². The monoisotopic (exact) mass is 270 g/mol. The summed E-state index contributed by atoms with van der Waals surface area (Å²) in [6.07, 6.45) is -2.65. The van der Waals surface area contributed by atoms with Crippen molar-refractivity contribution in [3.8, 4) is 0 Å². The van der Waals surface area contributed by atoms with Gasteiger partial charge in [0.2, 0.25) is 0 Å². The number of hydrogen-bond donors (Lipinski definition) is 1. The van der Waals surface area contributed by atoms with Gasteiger partial charge in [-0.2, -0.15) is 13.2 Å². The fraction of sp³-hybridized carbons (Fsp3) is 0.333. The van der Waals surface area contributed by atoms with Crippen LogP contribution in [0.25, 0.3) is 0 Å². The van der Waals surface area contributed by atoms with Gasteiger partial charge in [-0.25, -0.2) is 0 Å². The Hall–Kier alpha value is -1.89. The van der Waals surface area contributed by atoms with Gasteiger partial charge in [-0.15, -0.1) is 5.10 Å². The molecule has 0 bridgehead atoms. The second kappa shape index (κ2) is 5.40. The molecule has 2 aromatic rings. The van der Waals surface area contributed by atoms with Crippen LogP contribution in [0.5, 0.6) is 0 Å². The maximum Gasteiger partial charge on any atom is 0.416 e. The van der Waals surface area contributed by atoms with Crippen molar-refractivity contribution >= 4 is 0 Å². The molecule has 0 fully saturated rings. The summed E-state index contributed by atoms with van der Waals surface area (Å²) in [6, 6.07) is 5.11. The Labute approximate surface area is 108 Å². The number of hydrogen-bond acceptors (Lipinski definition) is 3. The number of nitrogens with zero attached hydrogens (tertiary/aromatic N) is 3. The first-order valence-corrected chi connectivity index (χ1v) is 5.67. The second-order valence-electron chi connectivity index (χ2n) is 4.15. The quantitative estimate of drug-likeness (QED) is 0.925. The summed E-state index contributed by atoms with van der Waals surface area (Å²) in [7, 11) is 1.78. The average Bonchev–Trinajstić information content (AvgIpc) is 2.75. The Morgan fingerprint density at radius 3 is 2.37 bits per heavy atom. The van der Waals surface area contributed by atoms with Crippen molar-refractivity contribution in [2.45, 2.75) is 19.3 Å². The molecule has 1 aromatic carbocycles. The van der Waals surface area contributed by atoms with Gasteiger partial charge >= 0.3 is 6.18 Å². The molecular weight excluding hydrogens is 257 g/mol. The molecule has 0 saturated heterocycles. The van der Waals surface area contributed by atoms with Crippen LogP contribution in [0.1, 0.15) is 16.8 Å². The fourth-order valence-corrected chi connectivity index (χ4v) is 1.62.